The Morgan fingerprint density at radius 2 is 1.81 bits per heavy atom. The third-order valence-corrected chi connectivity index (χ3v) is 5.11. The van der Waals surface area contributed by atoms with Crippen molar-refractivity contribution in [3.63, 3.8) is 0 Å². The Kier molecular flexibility index (Phi) is 5.74. The summed E-state index contributed by atoms with van der Waals surface area (Å²) in [6.07, 6.45) is -2.45. The van der Waals surface area contributed by atoms with E-state index in [1.54, 1.807) is 11.9 Å². The van der Waals surface area contributed by atoms with Gasteiger partial charge in [-0.25, -0.2) is 13.4 Å². The number of alkyl halides is 3. The van der Waals surface area contributed by atoms with Gasteiger partial charge in [-0.2, -0.15) is 18.2 Å². The number of nitrogens with zero attached hydrogens (tertiary/aromatic N) is 4. The van der Waals surface area contributed by atoms with Crippen LogP contribution in [0.3, 0.4) is 0 Å². The highest BCUT2D eigenvalue weighted by atomic mass is 32.2. The molecule has 1 amide bonds. The molecule has 0 saturated heterocycles. The first-order valence-electron chi connectivity index (χ1n) is 9.12. The van der Waals surface area contributed by atoms with Crippen molar-refractivity contribution in [1.82, 2.24) is 9.97 Å². The molecule has 9 nitrogen and oxygen atoms in total. The zero-order valence-electron chi connectivity index (χ0n) is 17.1. The van der Waals surface area contributed by atoms with Gasteiger partial charge in [0.25, 0.3) is 0 Å². The van der Waals surface area contributed by atoms with Crippen molar-refractivity contribution in [2.75, 3.05) is 39.7 Å². The van der Waals surface area contributed by atoms with E-state index in [4.69, 9.17) is 0 Å². The maximum atomic E-state index is 13.3. The Morgan fingerprint density at radius 1 is 1.16 bits per heavy atom. The lowest BCUT2D eigenvalue weighted by atomic mass is 10.1. The summed E-state index contributed by atoms with van der Waals surface area (Å²) in [6.45, 7) is 3.87. The number of sulfonamides is 1. The number of fused-ring (bicyclic) bond motifs is 1. The molecule has 0 fully saturated rings. The van der Waals surface area contributed by atoms with Crippen LogP contribution in [-0.4, -0.2) is 50.2 Å². The molecule has 3 rings (SSSR count). The van der Waals surface area contributed by atoms with E-state index in [0.29, 0.717) is 17.6 Å². The summed E-state index contributed by atoms with van der Waals surface area (Å²) in [5.74, 6) is 0.313. The van der Waals surface area contributed by atoms with Gasteiger partial charge in [0.15, 0.2) is 5.82 Å². The molecular weight excluding hydrogens is 437 g/mol. The van der Waals surface area contributed by atoms with Crippen molar-refractivity contribution in [3.05, 3.63) is 30.0 Å². The van der Waals surface area contributed by atoms with Gasteiger partial charge < -0.3 is 15.1 Å². The smallest absolute Gasteiger partial charge is 0.343 e. The molecule has 31 heavy (non-hydrogen) atoms. The molecule has 1 aliphatic rings. The molecule has 13 heteroatoms. The largest absolute Gasteiger partial charge is 0.416 e. The first kappa shape index (κ1) is 22.6. The summed E-state index contributed by atoms with van der Waals surface area (Å²) in [5, 5.41) is 2.69. The van der Waals surface area contributed by atoms with Gasteiger partial charge in [0.1, 0.15) is 5.69 Å². The lowest BCUT2D eigenvalue weighted by molar-refractivity contribution is -0.137. The molecular formula is C18H21F3N6O3S. The van der Waals surface area contributed by atoms with E-state index in [9.17, 15) is 26.4 Å². The molecule has 0 atom stereocenters. The average molecular weight is 458 g/mol. The van der Waals surface area contributed by atoms with Gasteiger partial charge >= 0.3 is 6.18 Å². The van der Waals surface area contributed by atoms with E-state index in [1.807, 2.05) is 18.6 Å². The van der Waals surface area contributed by atoms with Gasteiger partial charge in [-0.3, -0.25) is 9.52 Å². The summed E-state index contributed by atoms with van der Waals surface area (Å²) < 4.78 is 64.8. The molecule has 2 N–H and O–H groups in total. The van der Waals surface area contributed by atoms with Crippen LogP contribution in [0.5, 0.6) is 0 Å². The standard InChI is InChI=1S/C18H21F3N6O3S/c1-10(2)27-9-15(28)26(3)14-8-22-17(24-16(14)27)23-12-5-11(18(19,20)21)6-13(7-12)25-31(4,29)30/h5-8,10,25H,9H2,1-4H3,(H,22,23,24). The molecule has 0 aliphatic carbocycles. The number of halogens is 3. The van der Waals surface area contributed by atoms with Gasteiger partial charge in [0.2, 0.25) is 21.9 Å². The molecule has 1 aromatic carbocycles. The lowest BCUT2D eigenvalue weighted by Crippen LogP contribution is -2.47. The number of aromatic nitrogens is 2. The summed E-state index contributed by atoms with van der Waals surface area (Å²) >= 11 is 0. The Hall–Kier alpha value is -3.09. The summed E-state index contributed by atoms with van der Waals surface area (Å²) in [4.78, 5) is 23.8. The quantitative estimate of drug-likeness (QED) is 0.709. The van der Waals surface area contributed by atoms with Crippen LogP contribution >= 0.6 is 0 Å². The number of likely N-dealkylation sites (N-methyl/N-ethyl adjacent to an activating group) is 1. The minimum absolute atomic E-state index is 0.00298. The molecule has 0 spiro atoms. The predicted octanol–water partition coefficient (Wildman–Crippen LogP) is 2.80. The normalized spacial score (nSPS) is 14.6. The fourth-order valence-corrected chi connectivity index (χ4v) is 3.57. The van der Waals surface area contributed by atoms with Crippen molar-refractivity contribution in [2.45, 2.75) is 26.1 Å². The van der Waals surface area contributed by atoms with Crippen LogP contribution in [0.25, 0.3) is 0 Å². The van der Waals surface area contributed by atoms with Crippen molar-refractivity contribution < 1.29 is 26.4 Å². The van der Waals surface area contributed by atoms with E-state index in [1.165, 1.54) is 17.2 Å². The Morgan fingerprint density at radius 3 is 2.39 bits per heavy atom. The zero-order chi connectivity index (χ0) is 23.1. The lowest BCUT2D eigenvalue weighted by Gasteiger charge is -2.36. The van der Waals surface area contributed by atoms with Crippen molar-refractivity contribution >= 4 is 44.8 Å². The second-order valence-electron chi connectivity index (χ2n) is 7.37. The molecule has 2 heterocycles. The van der Waals surface area contributed by atoms with Crippen LogP contribution < -0.4 is 19.8 Å². The molecule has 1 aromatic heterocycles. The van der Waals surface area contributed by atoms with Crippen molar-refractivity contribution in [1.29, 1.82) is 0 Å². The number of carbonyl (C=O) groups is 1. The molecule has 1 aliphatic heterocycles. The van der Waals surface area contributed by atoms with Crippen LogP contribution in [0.4, 0.5) is 42.0 Å². The number of benzene rings is 1. The summed E-state index contributed by atoms with van der Waals surface area (Å²) in [7, 11) is -2.20. The molecule has 0 bridgehead atoms. The van der Waals surface area contributed by atoms with E-state index in [2.05, 4.69) is 15.3 Å². The first-order valence-corrected chi connectivity index (χ1v) is 11.0. The number of hydrogen-bond donors (Lipinski definition) is 2. The van der Waals surface area contributed by atoms with Crippen LogP contribution in [0, 0.1) is 0 Å². The van der Waals surface area contributed by atoms with Crippen molar-refractivity contribution in [3.8, 4) is 0 Å². The minimum atomic E-state index is -4.69. The highest BCUT2D eigenvalue weighted by Crippen LogP contribution is 2.36. The van der Waals surface area contributed by atoms with Gasteiger partial charge in [-0.1, -0.05) is 0 Å². The van der Waals surface area contributed by atoms with E-state index in [-0.39, 0.29) is 35.8 Å². The highest BCUT2D eigenvalue weighted by molar-refractivity contribution is 7.92. The first-order chi connectivity index (χ1) is 14.2. The average Bonchev–Trinajstić information content (AvgIpc) is 2.62. The van der Waals surface area contributed by atoms with Crippen LogP contribution in [0.1, 0.15) is 19.4 Å². The van der Waals surface area contributed by atoms with E-state index < -0.39 is 21.8 Å². The monoisotopic (exact) mass is 458 g/mol. The van der Waals surface area contributed by atoms with Crippen LogP contribution in [0.15, 0.2) is 24.4 Å². The molecule has 0 saturated carbocycles. The molecule has 0 radical (unpaired) electrons. The SMILES string of the molecule is CC(C)N1CC(=O)N(C)c2cnc(Nc3cc(NS(C)(=O)=O)cc(C(F)(F)F)c3)nc21. The zero-order valence-corrected chi connectivity index (χ0v) is 18.0. The van der Waals surface area contributed by atoms with Crippen molar-refractivity contribution in [2.24, 2.45) is 0 Å². The minimum Gasteiger partial charge on any atom is -0.343 e. The number of hydrogen-bond acceptors (Lipinski definition) is 7. The number of anilines is 5. The van der Waals surface area contributed by atoms with Gasteiger partial charge in [0, 0.05) is 18.8 Å². The second-order valence-corrected chi connectivity index (χ2v) is 9.12. The maximum Gasteiger partial charge on any atom is 0.416 e. The molecule has 0 unspecified atom stereocenters. The summed E-state index contributed by atoms with van der Waals surface area (Å²) in [6, 6.07) is 2.67. The maximum absolute atomic E-state index is 13.3. The number of nitrogens with one attached hydrogen (secondary N) is 2. The van der Waals surface area contributed by atoms with Gasteiger partial charge in [-0.05, 0) is 32.0 Å². The Labute approximate surface area is 177 Å². The Balaban J connectivity index is 2.02. The highest BCUT2D eigenvalue weighted by Gasteiger charge is 2.32. The van der Waals surface area contributed by atoms with Crippen LogP contribution in [0.2, 0.25) is 0 Å². The summed E-state index contributed by atoms with van der Waals surface area (Å²) in [5.41, 5.74) is -0.890. The number of amides is 1. The fraction of sp³-hybridized carbons (Fsp3) is 0.389. The second kappa shape index (κ2) is 7.87. The molecule has 168 valence electrons. The van der Waals surface area contributed by atoms with E-state index in [0.717, 1.165) is 12.3 Å². The van der Waals surface area contributed by atoms with Gasteiger partial charge in [-0.15, -0.1) is 0 Å². The topological polar surface area (TPSA) is 108 Å². The molecule has 2 aromatic rings. The third kappa shape index (κ3) is 5.16. The van der Waals surface area contributed by atoms with Gasteiger partial charge in [0.05, 0.1) is 30.2 Å². The van der Waals surface area contributed by atoms with E-state index >= 15 is 0 Å². The third-order valence-electron chi connectivity index (χ3n) is 4.51. The van der Waals surface area contributed by atoms with Crippen LogP contribution in [-0.2, 0) is 21.0 Å². The fourth-order valence-electron chi connectivity index (χ4n) is 3.03. The Bertz CT molecular complexity index is 1120. The number of rotatable bonds is 5. The number of carbonyl (C=O) groups excluding carboxylic acids is 1. The predicted molar refractivity (Wildman–Crippen MR) is 111 cm³/mol.